The van der Waals surface area contributed by atoms with Crippen molar-refractivity contribution in [2.45, 2.75) is 6.54 Å². The van der Waals surface area contributed by atoms with Crippen molar-refractivity contribution in [1.29, 1.82) is 0 Å². The van der Waals surface area contributed by atoms with Crippen LogP contribution >= 0.6 is 23.2 Å². The van der Waals surface area contributed by atoms with Crippen LogP contribution in [0.15, 0.2) is 42.5 Å². The van der Waals surface area contributed by atoms with E-state index in [2.05, 4.69) is 10.6 Å². The zero-order valence-electron chi connectivity index (χ0n) is 10.9. The number of anilines is 1. The molecule has 0 radical (unpaired) electrons. The molecule has 0 heterocycles. The summed E-state index contributed by atoms with van der Waals surface area (Å²) in [7, 11) is 1.87. The molecule has 0 aliphatic rings. The quantitative estimate of drug-likeness (QED) is 0.897. The Hall–Kier alpha value is -1.55. The molecule has 0 aliphatic heterocycles. The number of halogens is 2. The van der Waals surface area contributed by atoms with Crippen molar-refractivity contribution in [2.75, 3.05) is 12.4 Å². The highest BCUT2D eigenvalue weighted by atomic mass is 35.5. The largest absolute Gasteiger partial charge is 0.322 e. The predicted octanol–water partition coefficient (Wildman–Crippen LogP) is 3.97. The third-order valence-electron chi connectivity index (χ3n) is 2.69. The Kier molecular flexibility index (Phi) is 5.01. The van der Waals surface area contributed by atoms with Crippen LogP contribution in [-0.2, 0) is 6.54 Å². The lowest BCUT2D eigenvalue weighted by atomic mass is 10.1. The van der Waals surface area contributed by atoms with Gasteiger partial charge in [-0.15, -0.1) is 0 Å². The van der Waals surface area contributed by atoms with Crippen LogP contribution in [0.4, 0.5) is 5.69 Å². The van der Waals surface area contributed by atoms with E-state index < -0.39 is 0 Å². The van der Waals surface area contributed by atoms with Gasteiger partial charge in [0.2, 0.25) is 0 Å². The molecule has 0 aromatic heterocycles. The Morgan fingerprint density at radius 1 is 1.10 bits per heavy atom. The molecule has 2 aromatic carbocycles. The van der Waals surface area contributed by atoms with E-state index in [1.165, 1.54) is 0 Å². The number of hydrogen-bond donors (Lipinski definition) is 2. The first-order valence-electron chi connectivity index (χ1n) is 6.09. The molecule has 2 N–H and O–H groups in total. The Bertz CT molecular complexity index is 609. The molecule has 0 spiro atoms. The molecule has 1 amide bonds. The number of benzene rings is 2. The van der Waals surface area contributed by atoms with E-state index in [-0.39, 0.29) is 5.91 Å². The van der Waals surface area contributed by atoms with Gasteiger partial charge in [-0.2, -0.15) is 0 Å². The van der Waals surface area contributed by atoms with Gasteiger partial charge in [0.1, 0.15) is 0 Å². The Balaban J connectivity index is 2.16. The fraction of sp³-hybridized carbons (Fsp3) is 0.133. The van der Waals surface area contributed by atoms with Crippen LogP contribution in [0.3, 0.4) is 0 Å². The van der Waals surface area contributed by atoms with Gasteiger partial charge in [-0.1, -0.05) is 35.3 Å². The molecule has 0 aliphatic carbocycles. The summed E-state index contributed by atoms with van der Waals surface area (Å²) in [5, 5.41) is 6.76. The minimum atomic E-state index is -0.240. The minimum Gasteiger partial charge on any atom is -0.322 e. The summed E-state index contributed by atoms with van der Waals surface area (Å²) < 4.78 is 0. The fourth-order valence-corrected chi connectivity index (χ4v) is 2.38. The van der Waals surface area contributed by atoms with Gasteiger partial charge in [0.25, 0.3) is 5.91 Å². The third kappa shape index (κ3) is 3.97. The number of carbonyl (C=O) groups is 1. The minimum absolute atomic E-state index is 0.240. The van der Waals surface area contributed by atoms with Crippen molar-refractivity contribution in [3.8, 4) is 0 Å². The van der Waals surface area contributed by atoms with Crippen molar-refractivity contribution in [3.63, 3.8) is 0 Å². The summed E-state index contributed by atoms with van der Waals surface area (Å²) in [5.41, 5.74) is 2.26. The molecule has 3 nitrogen and oxygen atoms in total. The van der Waals surface area contributed by atoms with Crippen LogP contribution in [0.1, 0.15) is 15.9 Å². The lowest BCUT2D eigenvalue weighted by molar-refractivity contribution is 0.102. The van der Waals surface area contributed by atoms with E-state index in [9.17, 15) is 4.79 Å². The number of amides is 1. The first-order chi connectivity index (χ1) is 9.58. The topological polar surface area (TPSA) is 41.1 Å². The molecule has 5 heteroatoms. The number of rotatable bonds is 4. The van der Waals surface area contributed by atoms with Gasteiger partial charge in [-0.25, -0.2) is 0 Å². The van der Waals surface area contributed by atoms with Crippen molar-refractivity contribution in [2.24, 2.45) is 0 Å². The van der Waals surface area contributed by atoms with Gasteiger partial charge < -0.3 is 10.6 Å². The highest BCUT2D eigenvalue weighted by Gasteiger charge is 2.08. The molecule has 20 heavy (non-hydrogen) atoms. The van der Waals surface area contributed by atoms with E-state index in [1.54, 1.807) is 18.2 Å². The average molecular weight is 309 g/mol. The summed E-state index contributed by atoms with van der Waals surface area (Å²) in [4.78, 5) is 12.1. The first-order valence-corrected chi connectivity index (χ1v) is 6.85. The second-order valence-electron chi connectivity index (χ2n) is 4.34. The van der Waals surface area contributed by atoms with Gasteiger partial charge in [0, 0.05) is 27.8 Å². The van der Waals surface area contributed by atoms with E-state index in [4.69, 9.17) is 23.2 Å². The highest BCUT2D eigenvalue weighted by Crippen LogP contribution is 2.20. The smallest absolute Gasteiger partial charge is 0.255 e. The maximum absolute atomic E-state index is 12.1. The Morgan fingerprint density at radius 2 is 1.80 bits per heavy atom. The van der Waals surface area contributed by atoms with Gasteiger partial charge >= 0.3 is 0 Å². The van der Waals surface area contributed by atoms with Gasteiger partial charge in [-0.05, 0) is 42.9 Å². The molecule has 0 fully saturated rings. The summed E-state index contributed by atoms with van der Waals surface area (Å²) >= 11 is 11.8. The molecule has 0 saturated carbocycles. The monoisotopic (exact) mass is 308 g/mol. The van der Waals surface area contributed by atoms with E-state index in [1.807, 2.05) is 31.3 Å². The lowest BCUT2D eigenvalue weighted by Crippen LogP contribution is -2.12. The lowest BCUT2D eigenvalue weighted by Gasteiger charge is -2.08. The van der Waals surface area contributed by atoms with Crippen LogP contribution in [0, 0.1) is 0 Å². The maximum atomic E-state index is 12.1. The summed E-state index contributed by atoms with van der Waals surface area (Å²) in [6.45, 7) is 0.743. The molecule has 2 aromatic rings. The third-order valence-corrected chi connectivity index (χ3v) is 3.13. The average Bonchev–Trinajstić information content (AvgIpc) is 2.38. The number of carbonyl (C=O) groups excluding carboxylic acids is 1. The van der Waals surface area contributed by atoms with E-state index >= 15 is 0 Å². The zero-order chi connectivity index (χ0) is 14.5. The zero-order valence-corrected chi connectivity index (χ0v) is 12.4. The molecule has 104 valence electrons. The molecule has 2 rings (SSSR count). The molecular formula is C15H14Cl2N2O. The molecule has 0 unspecified atom stereocenters. The highest BCUT2D eigenvalue weighted by molar-refractivity contribution is 6.35. The fourth-order valence-electron chi connectivity index (χ4n) is 1.85. The number of hydrogen-bond acceptors (Lipinski definition) is 2. The van der Waals surface area contributed by atoms with Crippen molar-refractivity contribution >= 4 is 34.8 Å². The normalized spacial score (nSPS) is 10.3. The standard InChI is InChI=1S/C15H14Cl2N2O/c1-18-9-10-3-2-4-14(5-10)19-15(20)11-6-12(16)8-13(17)7-11/h2-8,18H,9H2,1H3,(H,19,20). The van der Waals surface area contributed by atoms with Gasteiger partial charge in [0.05, 0.1) is 0 Å². The van der Waals surface area contributed by atoms with E-state index in [0.717, 1.165) is 17.8 Å². The second-order valence-corrected chi connectivity index (χ2v) is 5.22. The predicted molar refractivity (Wildman–Crippen MR) is 83.6 cm³/mol. The SMILES string of the molecule is CNCc1cccc(NC(=O)c2cc(Cl)cc(Cl)c2)c1. The van der Waals surface area contributed by atoms with E-state index in [0.29, 0.717) is 15.6 Å². The summed E-state index contributed by atoms with van der Waals surface area (Å²) in [5.74, 6) is -0.240. The first kappa shape index (κ1) is 14.9. The van der Waals surface area contributed by atoms with Crippen LogP contribution in [0.2, 0.25) is 10.0 Å². The van der Waals surface area contributed by atoms with Crippen molar-refractivity contribution < 1.29 is 4.79 Å². The van der Waals surface area contributed by atoms with Crippen molar-refractivity contribution in [3.05, 3.63) is 63.6 Å². The Labute approximate surface area is 127 Å². The number of nitrogens with one attached hydrogen (secondary N) is 2. The summed E-state index contributed by atoms with van der Waals surface area (Å²) in [6.07, 6.45) is 0. The van der Waals surface area contributed by atoms with Crippen LogP contribution in [-0.4, -0.2) is 13.0 Å². The van der Waals surface area contributed by atoms with Crippen LogP contribution in [0.5, 0.6) is 0 Å². The Morgan fingerprint density at radius 3 is 2.45 bits per heavy atom. The van der Waals surface area contributed by atoms with Crippen molar-refractivity contribution in [1.82, 2.24) is 5.32 Å². The molecule has 0 bridgehead atoms. The molecular weight excluding hydrogens is 295 g/mol. The molecule has 0 atom stereocenters. The molecule has 0 saturated heterocycles. The second kappa shape index (κ2) is 6.75. The van der Waals surface area contributed by atoms with Crippen LogP contribution < -0.4 is 10.6 Å². The van der Waals surface area contributed by atoms with Crippen LogP contribution in [0.25, 0.3) is 0 Å². The summed E-state index contributed by atoms with van der Waals surface area (Å²) in [6, 6.07) is 12.4. The van der Waals surface area contributed by atoms with Gasteiger partial charge in [-0.3, -0.25) is 4.79 Å². The van der Waals surface area contributed by atoms with Gasteiger partial charge in [0.15, 0.2) is 0 Å². The maximum Gasteiger partial charge on any atom is 0.255 e.